The predicted molar refractivity (Wildman–Crippen MR) is 103 cm³/mol. The van der Waals surface area contributed by atoms with Gasteiger partial charge in [-0.2, -0.15) is 0 Å². The molecule has 0 saturated heterocycles. The second kappa shape index (κ2) is 8.74. The molecule has 0 unspecified atom stereocenters. The monoisotopic (exact) mass is 352 g/mol. The van der Waals surface area contributed by atoms with Gasteiger partial charge < -0.3 is 10.1 Å². The van der Waals surface area contributed by atoms with Gasteiger partial charge in [0.05, 0.1) is 30.6 Å². The fraction of sp³-hybridized carbons (Fsp3) is 0.333. The Balaban J connectivity index is 1.83. The fourth-order valence-corrected chi connectivity index (χ4v) is 3.18. The lowest BCUT2D eigenvalue weighted by atomic mass is 10.1. The largest absolute Gasteiger partial charge is 0.383 e. The van der Waals surface area contributed by atoms with Crippen LogP contribution in [0.25, 0.3) is 10.9 Å². The Bertz CT molecular complexity index is 906. The molecular formula is C21H26N3O2+. The van der Waals surface area contributed by atoms with E-state index in [0.717, 1.165) is 24.3 Å². The molecule has 0 bridgehead atoms. The minimum atomic E-state index is 0.00552. The summed E-state index contributed by atoms with van der Waals surface area (Å²) in [4.78, 5) is 17.7. The van der Waals surface area contributed by atoms with Gasteiger partial charge in [-0.1, -0.05) is 42.5 Å². The molecule has 1 heterocycles. The zero-order valence-corrected chi connectivity index (χ0v) is 15.4. The molecule has 0 radical (unpaired) electrons. The predicted octanol–water partition coefficient (Wildman–Crippen LogP) is 1.91. The molecule has 0 aliphatic carbocycles. The number of hydrogen-bond donors (Lipinski definition) is 1. The number of benzene rings is 2. The summed E-state index contributed by atoms with van der Waals surface area (Å²) in [6.07, 6.45) is 0.987. The first-order valence-corrected chi connectivity index (χ1v) is 9.06. The quantitative estimate of drug-likeness (QED) is 0.674. The highest BCUT2D eigenvalue weighted by Gasteiger charge is 2.18. The number of methoxy groups -OCH3 is 1. The molecule has 136 valence electrons. The summed E-state index contributed by atoms with van der Waals surface area (Å²) in [5.74, 6) is 0.804. The zero-order valence-electron chi connectivity index (χ0n) is 15.4. The summed E-state index contributed by atoms with van der Waals surface area (Å²) in [6, 6.07) is 18.1. The highest BCUT2D eigenvalue weighted by molar-refractivity contribution is 5.77. The minimum Gasteiger partial charge on any atom is -0.383 e. The van der Waals surface area contributed by atoms with Gasteiger partial charge in [0.15, 0.2) is 5.82 Å². The third-order valence-corrected chi connectivity index (χ3v) is 4.61. The van der Waals surface area contributed by atoms with Crippen molar-refractivity contribution in [2.24, 2.45) is 0 Å². The first kappa shape index (κ1) is 18.3. The van der Waals surface area contributed by atoms with Crippen LogP contribution in [0.4, 0.5) is 0 Å². The number of para-hydroxylation sites is 1. The molecule has 0 aliphatic heterocycles. The Morgan fingerprint density at radius 1 is 1.12 bits per heavy atom. The van der Waals surface area contributed by atoms with Gasteiger partial charge in [-0.3, -0.25) is 9.36 Å². The number of quaternary nitrogens is 1. The van der Waals surface area contributed by atoms with E-state index in [9.17, 15) is 4.79 Å². The summed E-state index contributed by atoms with van der Waals surface area (Å²) in [5.41, 5.74) is 2.08. The molecule has 1 aromatic heterocycles. The number of fused-ring (bicyclic) bond motifs is 1. The van der Waals surface area contributed by atoms with Crippen LogP contribution in [0.1, 0.15) is 24.4 Å². The molecule has 3 rings (SSSR count). The summed E-state index contributed by atoms with van der Waals surface area (Å²) < 4.78 is 6.95. The number of hydrogen-bond acceptors (Lipinski definition) is 3. The average molecular weight is 352 g/mol. The second-order valence-corrected chi connectivity index (χ2v) is 6.49. The molecule has 26 heavy (non-hydrogen) atoms. The van der Waals surface area contributed by atoms with E-state index in [4.69, 9.17) is 9.72 Å². The first-order chi connectivity index (χ1) is 12.7. The van der Waals surface area contributed by atoms with Crippen molar-refractivity contribution >= 4 is 10.9 Å². The van der Waals surface area contributed by atoms with Crippen LogP contribution in [0.15, 0.2) is 59.4 Å². The Hall–Kier alpha value is -2.50. The normalized spacial score (nSPS) is 12.4. The van der Waals surface area contributed by atoms with E-state index in [1.807, 2.05) is 30.3 Å². The van der Waals surface area contributed by atoms with Crippen LogP contribution >= 0.6 is 0 Å². The van der Waals surface area contributed by atoms with Crippen molar-refractivity contribution in [3.8, 4) is 0 Å². The van der Waals surface area contributed by atoms with Crippen molar-refractivity contribution in [2.45, 2.75) is 25.9 Å². The van der Waals surface area contributed by atoms with Crippen molar-refractivity contribution < 1.29 is 10.1 Å². The van der Waals surface area contributed by atoms with Crippen LogP contribution < -0.4 is 10.9 Å². The summed E-state index contributed by atoms with van der Waals surface area (Å²) in [5, 5.41) is 2.90. The number of aromatic nitrogens is 2. The van der Waals surface area contributed by atoms with E-state index in [-0.39, 0.29) is 11.6 Å². The lowest BCUT2D eigenvalue weighted by Crippen LogP contribution is -2.85. The molecule has 3 aromatic rings. The molecular weight excluding hydrogens is 326 g/mol. The van der Waals surface area contributed by atoms with E-state index in [1.54, 1.807) is 11.7 Å². The number of ether oxygens (including phenoxy) is 1. The van der Waals surface area contributed by atoms with Gasteiger partial charge in [-0.15, -0.1) is 0 Å². The number of rotatable bonds is 8. The lowest BCUT2D eigenvalue weighted by Gasteiger charge is -2.17. The topological polar surface area (TPSA) is 60.7 Å². The van der Waals surface area contributed by atoms with E-state index < -0.39 is 0 Å². The average Bonchev–Trinajstić information content (AvgIpc) is 2.68. The third kappa shape index (κ3) is 4.18. The lowest BCUT2D eigenvalue weighted by molar-refractivity contribution is -0.693. The molecule has 2 aromatic carbocycles. The summed E-state index contributed by atoms with van der Waals surface area (Å²) in [6.45, 7) is 4.05. The number of nitrogens with two attached hydrogens (primary N) is 1. The van der Waals surface area contributed by atoms with Crippen LogP contribution in [0.3, 0.4) is 0 Å². The van der Waals surface area contributed by atoms with Crippen molar-refractivity contribution in [3.05, 3.63) is 76.3 Å². The van der Waals surface area contributed by atoms with Crippen molar-refractivity contribution in [2.75, 3.05) is 20.3 Å². The Labute approximate surface area is 153 Å². The molecule has 0 fully saturated rings. The SMILES string of the molecule is COCCn1c([C@@H](C)[NH2+]CCc2ccccc2)nc2ccccc2c1=O. The fourth-order valence-electron chi connectivity index (χ4n) is 3.18. The maximum absolute atomic E-state index is 12.9. The van der Waals surface area contributed by atoms with Gasteiger partial charge in [0.1, 0.15) is 6.04 Å². The smallest absolute Gasteiger partial charge is 0.261 e. The number of nitrogens with zero attached hydrogens (tertiary/aromatic N) is 2. The van der Waals surface area contributed by atoms with E-state index >= 15 is 0 Å². The van der Waals surface area contributed by atoms with E-state index in [2.05, 4.69) is 36.5 Å². The van der Waals surface area contributed by atoms with Gasteiger partial charge in [-0.05, 0) is 24.6 Å². The Morgan fingerprint density at radius 2 is 1.85 bits per heavy atom. The maximum Gasteiger partial charge on any atom is 0.261 e. The third-order valence-electron chi connectivity index (χ3n) is 4.61. The van der Waals surface area contributed by atoms with Crippen LogP contribution in [-0.2, 0) is 17.7 Å². The highest BCUT2D eigenvalue weighted by Crippen LogP contribution is 2.11. The van der Waals surface area contributed by atoms with Crippen LogP contribution in [0.5, 0.6) is 0 Å². The molecule has 0 amide bonds. The molecule has 1 atom stereocenters. The van der Waals surface area contributed by atoms with Crippen LogP contribution in [0.2, 0.25) is 0 Å². The second-order valence-electron chi connectivity index (χ2n) is 6.49. The summed E-state index contributed by atoms with van der Waals surface area (Å²) >= 11 is 0. The van der Waals surface area contributed by atoms with Crippen molar-refractivity contribution in [1.82, 2.24) is 9.55 Å². The molecule has 0 aliphatic rings. The molecule has 0 spiro atoms. The highest BCUT2D eigenvalue weighted by atomic mass is 16.5. The Morgan fingerprint density at radius 3 is 2.62 bits per heavy atom. The van der Waals surface area contributed by atoms with Gasteiger partial charge in [-0.25, -0.2) is 4.98 Å². The van der Waals surface area contributed by atoms with Gasteiger partial charge in [0.25, 0.3) is 5.56 Å². The summed E-state index contributed by atoms with van der Waals surface area (Å²) in [7, 11) is 1.65. The Kier molecular flexibility index (Phi) is 6.15. The van der Waals surface area contributed by atoms with Crippen LogP contribution in [0, 0.1) is 0 Å². The van der Waals surface area contributed by atoms with Gasteiger partial charge in [0.2, 0.25) is 0 Å². The van der Waals surface area contributed by atoms with Gasteiger partial charge in [0, 0.05) is 13.5 Å². The molecule has 5 nitrogen and oxygen atoms in total. The van der Waals surface area contributed by atoms with E-state index in [1.165, 1.54) is 5.56 Å². The van der Waals surface area contributed by atoms with Crippen molar-refractivity contribution in [1.29, 1.82) is 0 Å². The molecule has 5 heteroatoms. The zero-order chi connectivity index (χ0) is 18.4. The maximum atomic E-state index is 12.9. The van der Waals surface area contributed by atoms with E-state index in [0.29, 0.717) is 18.5 Å². The molecule has 0 saturated carbocycles. The standard InChI is InChI=1S/C21H25N3O2/c1-16(22-13-12-17-8-4-3-5-9-17)20-23-19-11-7-6-10-18(19)21(25)24(20)14-15-26-2/h3-11,16,22H,12-15H2,1-2H3/p+1/t16-/m1/s1. The minimum absolute atomic E-state index is 0.00552. The van der Waals surface area contributed by atoms with Crippen LogP contribution in [-0.4, -0.2) is 29.8 Å². The van der Waals surface area contributed by atoms with Crippen molar-refractivity contribution in [3.63, 3.8) is 0 Å². The molecule has 2 N–H and O–H groups in total. The first-order valence-electron chi connectivity index (χ1n) is 9.06. The van der Waals surface area contributed by atoms with Gasteiger partial charge >= 0.3 is 0 Å².